The molecule has 0 aliphatic rings. The minimum atomic E-state index is -0.424. The van der Waals surface area contributed by atoms with Crippen molar-refractivity contribution >= 4 is 10.9 Å². The maximum Gasteiger partial charge on any atom is 0.333 e. The maximum atomic E-state index is 12.4. The van der Waals surface area contributed by atoms with Crippen molar-refractivity contribution in [1.29, 1.82) is 0 Å². The quantitative estimate of drug-likeness (QED) is 0.720. The average Bonchev–Trinajstić information content (AvgIpc) is 2.41. The van der Waals surface area contributed by atoms with E-state index in [0.717, 1.165) is 10.1 Å². The fraction of sp³-hybridized carbons (Fsp3) is 0.0667. The minimum Gasteiger partial charge on any atom is -0.306 e. The molecule has 0 saturated heterocycles. The van der Waals surface area contributed by atoms with Crippen molar-refractivity contribution in [1.82, 2.24) is 9.55 Å². The second-order valence-corrected chi connectivity index (χ2v) is 4.45. The van der Waals surface area contributed by atoms with Gasteiger partial charge in [0.1, 0.15) is 0 Å². The molecule has 0 fully saturated rings. The van der Waals surface area contributed by atoms with Crippen LogP contribution >= 0.6 is 0 Å². The van der Waals surface area contributed by atoms with E-state index in [-0.39, 0.29) is 5.56 Å². The molecule has 3 rings (SSSR count). The van der Waals surface area contributed by atoms with Gasteiger partial charge in [-0.25, -0.2) is 9.36 Å². The molecule has 0 atom stereocenters. The number of aromatic nitrogens is 2. The lowest BCUT2D eigenvalue weighted by atomic mass is 10.2. The molecule has 3 aromatic rings. The summed E-state index contributed by atoms with van der Waals surface area (Å²) in [5.74, 6) is 0. The summed E-state index contributed by atoms with van der Waals surface area (Å²) in [4.78, 5) is 27.1. The van der Waals surface area contributed by atoms with Crippen molar-refractivity contribution in [3.8, 4) is 5.69 Å². The Labute approximate surface area is 109 Å². The standard InChI is InChI=1S/C15H12N2O2/c1-10-6-8-11(9-7-10)17-14(18)12-4-2-3-5-13(12)16-15(17)19/h2-9H,1H3,(H,16,19). The normalized spacial score (nSPS) is 10.8. The third-order valence-corrected chi connectivity index (χ3v) is 3.10. The van der Waals surface area contributed by atoms with Crippen LogP contribution < -0.4 is 11.2 Å². The van der Waals surface area contributed by atoms with Crippen LogP contribution in [-0.4, -0.2) is 9.55 Å². The van der Waals surface area contributed by atoms with E-state index < -0.39 is 5.69 Å². The van der Waals surface area contributed by atoms with Crippen molar-refractivity contribution < 1.29 is 0 Å². The summed E-state index contributed by atoms with van der Waals surface area (Å²) >= 11 is 0. The Morgan fingerprint density at radius 1 is 0.947 bits per heavy atom. The monoisotopic (exact) mass is 252 g/mol. The predicted molar refractivity (Wildman–Crippen MR) is 74.9 cm³/mol. The van der Waals surface area contributed by atoms with Gasteiger partial charge in [0, 0.05) is 0 Å². The number of aryl methyl sites for hydroxylation is 1. The Bertz CT molecular complexity index is 858. The van der Waals surface area contributed by atoms with E-state index in [1.165, 1.54) is 0 Å². The second kappa shape index (κ2) is 4.24. The summed E-state index contributed by atoms with van der Waals surface area (Å²) in [6.07, 6.45) is 0. The molecule has 19 heavy (non-hydrogen) atoms. The number of benzene rings is 2. The average molecular weight is 252 g/mol. The smallest absolute Gasteiger partial charge is 0.306 e. The van der Waals surface area contributed by atoms with Crippen molar-refractivity contribution in [2.75, 3.05) is 0 Å². The van der Waals surface area contributed by atoms with Gasteiger partial charge < -0.3 is 4.98 Å². The first-order valence-electron chi connectivity index (χ1n) is 5.98. The zero-order chi connectivity index (χ0) is 13.4. The largest absolute Gasteiger partial charge is 0.333 e. The van der Waals surface area contributed by atoms with Crippen LogP contribution in [0, 0.1) is 6.92 Å². The maximum absolute atomic E-state index is 12.4. The molecule has 0 aliphatic heterocycles. The SMILES string of the molecule is Cc1ccc(-n2c(=O)[nH]c3ccccc3c2=O)cc1. The van der Waals surface area contributed by atoms with E-state index in [4.69, 9.17) is 0 Å². The van der Waals surface area contributed by atoms with Gasteiger partial charge in [-0.3, -0.25) is 4.79 Å². The molecule has 0 unspecified atom stereocenters. The molecule has 2 aromatic carbocycles. The van der Waals surface area contributed by atoms with Gasteiger partial charge in [0.2, 0.25) is 0 Å². The molecule has 0 amide bonds. The number of fused-ring (bicyclic) bond motifs is 1. The first-order chi connectivity index (χ1) is 9.16. The van der Waals surface area contributed by atoms with Crippen molar-refractivity contribution in [3.63, 3.8) is 0 Å². The highest BCUT2D eigenvalue weighted by atomic mass is 16.2. The Morgan fingerprint density at radius 3 is 2.37 bits per heavy atom. The van der Waals surface area contributed by atoms with Gasteiger partial charge in [0.25, 0.3) is 5.56 Å². The van der Waals surface area contributed by atoms with Crippen LogP contribution in [0.4, 0.5) is 0 Å². The molecule has 1 N–H and O–H groups in total. The number of nitrogens with one attached hydrogen (secondary N) is 1. The lowest BCUT2D eigenvalue weighted by Gasteiger charge is -2.06. The van der Waals surface area contributed by atoms with E-state index in [1.807, 2.05) is 19.1 Å². The molecule has 0 radical (unpaired) electrons. The lowest BCUT2D eigenvalue weighted by Crippen LogP contribution is -2.33. The van der Waals surface area contributed by atoms with Crippen LogP contribution in [0.1, 0.15) is 5.56 Å². The molecule has 1 aromatic heterocycles. The first-order valence-corrected chi connectivity index (χ1v) is 5.98. The Morgan fingerprint density at radius 2 is 1.63 bits per heavy atom. The third-order valence-electron chi connectivity index (χ3n) is 3.10. The van der Waals surface area contributed by atoms with Crippen molar-refractivity contribution in [3.05, 3.63) is 74.9 Å². The van der Waals surface area contributed by atoms with Gasteiger partial charge in [-0.05, 0) is 31.2 Å². The van der Waals surface area contributed by atoms with Crippen LogP contribution in [0.2, 0.25) is 0 Å². The number of nitrogens with zero attached hydrogens (tertiary/aromatic N) is 1. The van der Waals surface area contributed by atoms with Crippen LogP contribution in [0.15, 0.2) is 58.1 Å². The van der Waals surface area contributed by atoms with Gasteiger partial charge in [0.05, 0.1) is 16.6 Å². The van der Waals surface area contributed by atoms with Crippen molar-refractivity contribution in [2.24, 2.45) is 0 Å². The second-order valence-electron chi connectivity index (χ2n) is 4.45. The highest BCUT2D eigenvalue weighted by molar-refractivity contribution is 5.77. The van der Waals surface area contributed by atoms with E-state index in [9.17, 15) is 9.59 Å². The Kier molecular flexibility index (Phi) is 2.56. The zero-order valence-electron chi connectivity index (χ0n) is 10.4. The van der Waals surface area contributed by atoms with Crippen LogP contribution in [0.25, 0.3) is 16.6 Å². The summed E-state index contributed by atoms with van der Waals surface area (Å²) in [5, 5.41) is 0.502. The first kappa shape index (κ1) is 11.5. The number of hydrogen-bond acceptors (Lipinski definition) is 2. The number of para-hydroxylation sites is 1. The summed E-state index contributed by atoms with van der Waals surface area (Å²) in [7, 11) is 0. The van der Waals surface area contributed by atoms with E-state index in [2.05, 4.69) is 4.98 Å². The number of hydrogen-bond donors (Lipinski definition) is 1. The van der Waals surface area contributed by atoms with E-state index >= 15 is 0 Å². The number of rotatable bonds is 1. The summed E-state index contributed by atoms with van der Waals surface area (Å²) in [5.41, 5.74) is 1.48. The molecule has 94 valence electrons. The van der Waals surface area contributed by atoms with Crippen LogP contribution in [0.5, 0.6) is 0 Å². The van der Waals surface area contributed by atoms with Crippen LogP contribution in [-0.2, 0) is 0 Å². The van der Waals surface area contributed by atoms with Gasteiger partial charge >= 0.3 is 5.69 Å². The fourth-order valence-electron chi connectivity index (χ4n) is 2.09. The third kappa shape index (κ3) is 1.87. The summed E-state index contributed by atoms with van der Waals surface area (Å²) in [6.45, 7) is 1.96. The summed E-state index contributed by atoms with van der Waals surface area (Å²) < 4.78 is 1.15. The number of aromatic amines is 1. The minimum absolute atomic E-state index is 0.303. The summed E-state index contributed by atoms with van der Waals surface area (Å²) in [6, 6.07) is 14.3. The Hall–Kier alpha value is -2.62. The van der Waals surface area contributed by atoms with Crippen LogP contribution in [0.3, 0.4) is 0 Å². The molecule has 0 bridgehead atoms. The molecule has 4 heteroatoms. The topological polar surface area (TPSA) is 54.9 Å². The fourth-order valence-corrected chi connectivity index (χ4v) is 2.09. The van der Waals surface area contributed by atoms with Gasteiger partial charge in [-0.2, -0.15) is 0 Å². The molecule has 0 aliphatic carbocycles. The Balaban J connectivity index is 2.39. The van der Waals surface area contributed by atoms with Gasteiger partial charge in [-0.15, -0.1) is 0 Å². The zero-order valence-corrected chi connectivity index (χ0v) is 10.4. The van der Waals surface area contributed by atoms with Gasteiger partial charge in [0.15, 0.2) is 0 Å². The lowest BCUT2D eigenvalue weighted by molar-refractivity contribution is 0.901. The molecular formula is C15H12N2O2. The number of H-pyrrole nitrogens is 1. The van der Waals surface area contributed by atoms with Gasteiger partial charge in [-0.1, -0.05) is 29.8 Å². The molecule has 0 saturated carbocycles. The molecule has 0 spiro atoms. The molecule has 1 heterocycles. The molecular weight excluding hydrogens is 240 g/mol. The van der Waals surface area contributed by atoms with Crippen molar-refractivity contribution in [2.45, 2.75) is 6.92 Å². The van der Waals surface area contributed by atoms with E-state index in [1.54, 1.807) is 36.4 Å². The highest BCUT2D eigenvalue weighted by Crippen LogP contribution is 2.08. The van der Waals surface area contributed by atoms with E-state index in [0.29, 0.717) is 16.6 Å². The highest BCUT2D eigenvalue weighted by Gasteiger charge is 2.08. The predicted octanol–water partition coefficient (Wildman–Crippen LogP) is 1.99. The molecule has 4 nitrogen and oxygen atoms in total.